The average molecular weight is 287 g/mol. The van der Waals surface area contributed by atoms with Crippen molar-refractivity contribution < 1.29 is 42.0 Å². The van der Waals surface area contributed by atoms with Gasteiger partial charge in [0.15, 0.2) is 0 Å². The van der Waals surface area contributed by atoms with Crippen molar-refractivity contribution >= 4 is 0 Å². The summed E-state index contributed by atoms with van der Waals surface area (Å²) in [6.45, 7) is 0. The smallest absolute Gasteiger partial charge is 0.126 e. The van der Waals surface area contributed by atoms with Gasteiger partial charge in [-0.25, -0.2) is 6.07 Å². The Kier molecular flexibility index (Phi) is 5.10. The summed E-state index contributed by atoms with van der Waals surface area (Å²) in [5.74, 6) is 0.815. The first-order chi connectivity index (χ1) is 7.33. The predicted octanol–water partition coefficient (Wildman–Crippen LogP) is 1.78. The molecule has 2 rings (SSSR count). The van der Waals surface area contributed by atoms with Gasteiger partial charge in [0.1, 0.15) is 13.2 Å². The number of aromatic nitrogens is 1. The molecule has 3 heteroatoms. The largest absolute Gasteiger partial charge is 0.552 e. The van der Waals surface area contributed by atoms with Crippen LogP contribution in [-0.2, 0) is 39.8 Å². The second-order valence-corrected chi connectivity index (χ2v) is 3.23. The van der Waals surface area contributed by atoms with E-state index in [4.69, 9.17) is 4.74 Å². The van der Waals surface area contributed by atoms with Gasteiger partial charge >= 0.3 is 0 Å². The Morgan fingerprint density at radius 1 is 1.19 bits per heavy atom. The molecule has 0 amide bonds. The number of hydrogen-bond acceptors (Lipinski definition) is 1. The minimum absolute atomic E-state index is 0. The van der Waals surface area contributed by atoms with Gasteiger partial charge in [0.2, 0.25) is 0 Å². The van der Waals surface area contributed by atoms with E-state index >= 15 is 0 Å². The fourth-order valence-electron chi connectivity index (χ4n) is 1.50. The molecule has 0 N–H and O–H groups in total. The Balaban J connectivity index is 0.00000128. The van der Waals surface area contributed by atoms with Gasteiger partial charge in [-0.3, -0.25) is 4.57 Å². The zero-order valence-corrected chi connectivity index (χ0v) is 12.2. The number of benzene rings is 1. The molecule has 0 spiro atoms. The van der Waals surface area contributed by atoms with E-state index in [1.54, 1.807) is 7.11 Å². The van der Waals surface area contributed by atoms with Crippen molar-refractivity contribution in [1.29, 1.82) is 0 Å². The topological polar surface area (TPSA) is 13.1 Å². The molecule has 16 heavy (non-hydrogen) atoms. The first-order valence-corrected chi connectivity index (χ1v) is 4.74. The van der Waals surface area contributed by atoms with Crippen LogP contribution >= 0.6 is 0 Å². The zero-order chi connectivity index (χ0) is 10.7. The van der Waals surface area contributed by atoms with Gasteiger partial charge in [0.25, 0.3) is 0 Å². The SMILES string of the molecule is COc1ccc[c-]c1-c1[c-]ccc[n+]1C.[Y]. The molecule has 0 aliphatic carbocycles. The molecule has 79 valence electrons. The number of aryl methyl sites for hydroxylation is 1. The van der Waals surface area contributed by atoms with E-state index in [-0.39, 0.29) is 32.7 Å². The standard InChI is InChI=1S/C13H12NO.Y/c1-14-10-6-5-8-12(14)11-7-3-4-9-13(11)15-2;/h3-6,9-10H,1-2H3;/q-1;. The maximum absolute atomic E-state index is 5.29. The summed E-state index contributed by atoms with van der Waals surface area (Å²) in [4.78, 5) is 0. The molecule has 0 bridgehead atoms. The quantitative estimate of drug-likeness (QED) is 0.606. The van der Waals surface area contributed by atoms with E-state index in [9.17, 15) is 0 Å². The molecule has 1 heterocycles. The minimum atomic E-state index is 0. The Bertz CT molecular complexity index is 471. The number of hydrogen-bond donors (Lipinski definition) is 0. The summed E-state index contributed by atoms with van der Waals surface area (Å²) >= 11 is 0. The summed E-state index contributed by atoms with van der Waals surface area (Å²) in [7, 11) is 3.64. The van der Waals surface area contributed by atoms with Crippen LogP contribution in [0.15, 0.2) is 36.5 Å². The van der Waals surface area contributed by atoms with Crippen molar-refractivity contribution in [3.05, 3.63) is 48.7 Å². The minimum Gasteiger partial charge on any atom is -0.552 e. The van der Waals surface area contributed by atoms with Crippen molar-refractivity contribution in [2.75, 3.05) is 7.11 Å². The van der Waals surface area contributed by atoms with E-state index in [1.807, 2.05) is 48.1 Å². The molecule has 0 aliphatic heterocycles. The van der Waals surface area contributed by atoms with E-state index in [1.165, 1.54) is 0 Å². The third-order valence-electron chi connectivity index (χ3n) is 2.25. The second kappa shape index (κ2) is 6.12. The Morgan fingerprint density at radius 3 is 2.62 bits per heavy atom. The van der Waals surface area contributed by atoms with Gasteiger partial charge in [-0.2, -0.15) is 18.2 Å². The summed E-state index contributed by atoms with van der Waals surface area (Å²) in [6, 6.07) is 15.9. The van der Waals surface area contributed by atoms with Crippen molar-refractivity contribution in [2.45, 2.75) is 0 Å². The third-order valence-corrected chi connectivity index (χ3v) is 2.25. The first-order valence-electron chi connectivity index (χ1n) is 4.74. The molecular formula is C13H12NOY-. The van der Waals surface area contributed by atoms with E-state index < -0.39 is 0 Å². The summed E-state index contributed by atoms with van der Waals surface area (Å²) in [5, 5.41) is 0. The van der Waals surface area contributed by atoms with Crippen LogP contribution in [-0.4, -0.2) is 7.11 Å². The van der Waals surface area contributed by atoms with E-state index in [0.29, 0.717) is 0 Å². The van der Waals surface area contributed by atoms with Gasteiger partial charge in [0, 0.05) is 38.4 Å². The third kappa shape index (κ3) is 2.69. The van der Waals surface area contributed by atoms with E-state index in [0.717, 1.165) is 17.0 Å². The maximum atomic E-state index is 5.29. The molecule has 0 aliphatic rings. The Labute approximate surface area is 121 Å². The molecular weight excluding hydrogens is 275 g/mol. The van der Waals surface area contributed by atoms with Crippen LogP contribution in [0.1, 0.15) is 0 Å². The molecule has 0 fully saturated rings. The number of rotatable bonds is 2. The number of nitrogens with zero attached hydrogens (tertiary/aromatic N) is 1. The zero-order valence-electron chi connectivity index (χ0n) is 9.40. The van der Waals surface area contributed by atoms with Gasteiger partial charge in [-0.1, -0.05) is 6.07 Å². The molecule has 1 radical (unpaired) electrons. The normalized spacial score (nSPS) is 9.38. The van der Waals surface area contributed by atoms with Gasteiger partial charge in [-0.05, 0) is 5.75 Å². The first kappa shape index (κ1) is 13.3. The van der Waals surface area contributed by atoms with Crippen molar-refractivity contribution in [2.24, 2.45) is 7.05 Å². The number of methoxy groups -OCH3 is 1. The summed E-state index contributed by atoms with van der Waals surface area (Å²) in [5.41, 5.74) is 1.90. The molecule has 0 atom stereocenters. The predicted molar refractivity (Wildman–Crippen MR) is 57.3 cm³/mol. The van der Waals surface area contributed by atoms with Crippen molar-refractivity contribution in [3.8, 4) is 17.0 Å². The fourth-order valence-corrected chi connectivity index (χ4v) is 1.50. The van der Waals surface area contributed by atoms with Gasteiger partial charge in [0.05, 0.1) is 7.11 Å². The van der Waals surface area contributed by atoms with Gasteiger partial charge in [-0.15, -0.1) is 17.7 Å². The summed E-state index contributed by atoms with van der Waals surface area (Å²) in [6.07, 6.45) is 1.98. The van der Waals surface area contributed by atoms with Crippen LogP contribution in [0.5, 0.6) is 5.75 Å². The monoisotopic (exact) mass is 287 g/mol. The number of ether oxygens (including phenoxy) is 1. The molecule has 0 unspecified atom stereocenters. The molecule has 2 aromatic rings. The molecule has 1 aromatic heterocycles. The fraction of sp³-hybridized carbons (Fsp3) is 0.154. The molecule has 1 aromatic carbocycles. The molecule has 0 saturated carbocycles. The van der Waals surface area contributed by atoms with Crippen LogP contribution in [0, 0.1) is 12.1 Å². The Hall–Kier alpha value is -0.726. The average Bonchev–Trinajstić information content (AvgIpc) is 2.30. The summed E-state index contributed by atoms with van der Waals surface area (Å²) < 4.78 is 7.28. The van der Waals surface area contributed by atoms with Crippen molar-refractivity contribution in [1.82, 2.24) is 0 Å². The van der Waals surface area contributed by atoms with Crippen LogP contribution in [0.2, 0.25) is 0 Å². The number of pyridine rings is 1. The van der Waals surface area contributed by atoms with Crippen molar-refractivity contribution in [3.63, 3.8) is 0 Å². The van der Waals surface area contributed by atoms with Gasteiger partial charge < -0.3 is 4.74 Å². The van der Waals surface area contributed by atoms with E-state index in [2.05, 4.69) is 12.1 Å². The maximum Gasteiger partial charge on any atom is 0.126 e. The van der Waals surface area contributed by atoms with Crippen LogP contribution < -0.4 is 9.30 Å². The molecule has 2 nitrogen and oxygen atoms in total. The molecule has 0 saturated heterocycles. The van der Waals surface area contributed by atoms with Crippen LogP contribution in [0.25, 0.3) is 11.3 Å². The Morgan fingerprint density at radius 2 is 1.94 bits per heavy atom. The van der Waals surface area contributed by atoms with Crippen LogP contribution in [0.3, 0.4) is 0 Å². The van der Waals surface area contributed by atoms with Crippen LogP contribution in [0.4, 0.5) is 0 Å². The second-order valence-electron chi connectivity index (χ2n) is 3.23.